The van der Waals surface area contributed by atoms with E-state index in [9.17, 15) is 9.59 Å². The highest BCUT2D eigenvalue weighted by Gasteiger charge is 2.27. The highest BCUT2D eigenvalue weighted by Crippen LogP contribution is 2.23. The molecule has 9 nitrogen and oxygen atoms in total. The molecule has 2 amide bonds. The third kappa shape index (κ3) is 44.2. The van der Waals surface area contributed by atoms with E-state index in [1.165, 1.54) is 167 Å². The van der Waals surface area contributed by atoms with Crippen molar-refractivity contribution in [2.45, 2.75) is 297 Å². The van der Waals surface area contributed by atoms with Gasteiger partial charge in [-0.1, -0.05) is 207 Å². The molecule has 0 fully saturated rings. The Morgan fingerprint density at radius 1 is 0.460 bits per heavy atom. The molecule has 0 aliphatic carbocycles. The fourth-order valence-electron chi connectivity index (χ4n) is 8.02. The zero-order valence-electron chi connectivity index (χ0n) is 43.1. The molecular formula is C54H108N2O7. The fraction of sp³-hybridized carbons (Fsp3) is 0.963. The molecule has 0 bridgehead atoms. The summed E-state index contributed by atoms with van der Waals surface area (Å²) in [6, 6.07) is 0. The maximum absolute atomic E-state index is 12.7. The predicted octanol–water partition coefficient (Wildman–Crippen LogP) is 15.8. The zero-order chi connectivity index (χ0) is 46.4. The minimum Gasteiger partial charge on any atom is -0.394 e. The number of carbonyl (C=O) groups excluding carboxylic acids is 2. The molecule has 0 saturated carbocycles. The van der Waals surface area contributed by atoms with Crippen LogP contribution in [0.15, 0.2) is 0 Å². The first-order valence-corrected chi connectivity index (χ1v) is 27.3. The van der Waals surface area contributed by atoms with E-state index in [1.54, 1.807) is 0 Å². The topological polar surface area (TPSA) is 104 Å². The Labute approximate surface area is 391 Å². The Morgan fingerprint density at radius 3 is 1.25 bits per heavy atom. The maximum atomic E-state index is 12.7. The summed E-state index contributed by atoms with van der Waals surface area (Å²) in [6.45, 7) is 17.1. The SMILES string of the molecule is CCCCCCCCCCCCCCCCCOC(OCCCCCCCCCCCCCCCCC)OC(=O)NCCCCCC(=O)NCCC(C)(CC)OCC(C)(C)OCC. The van der Waals surface area contributed by atoms with Gasteiger partial charge in [-0.15, -0.1) is 0 Å². The molecule has 0 aromatic carbocycles. The molecule has 9 heteroatoms. The first-order valence-electron chi connectivity index (χ1n) is 27.3. The molecular weight excluding hydrogens is 789 g/mol. The lowest BCUT2D eigenvalue weighted by molar-refractivity contribution is -0.261. The summed E-state index contributed by atoms with van der Waals surface area (Å²) in [7, 11) is 0. The molecule has 0 rings (SSSR count). The summed E-state index contributed by atoms with van der Waals surface area (Å²) < 4.78 is 29.5. The van der Waals surface area contributed by atoms with Gasteiger partial charge in [0.1, 0.15) is 0 Å². The van der Waals surface area contributed by atoms with Crippen LogP contribution in [-0.2, 0) is 28.5 Å². The molecule has 0 aliphatic rings. The van der Waals surface area contributed by atoms with E-state index >= 15 is 0 Å². The molecule has 1 atom stereocenters. The minimum absolute atomic E-state index is 0.0516. The van der Waals surface area contributed by atoms with Gasteiger partial charge in [-0.05, 0) is 66.2 Å². The van der Waals surface area contributed by atoms with Crippen LogP contribution in [0.1, 0.15) is 280 Å². The van der Waals surface area contributed by atoms with Crippen LogP contribution in [0.3, 0.4) is 0 Å². The Balaban J connectivity index is 4.35. The van der Waals surface area contributed by atoms with Crippen molar-refractivity contribution in [3.63, 3.8) is 0 Å². The number of amides is 2. The maximum Gasteiger partial charge on any atom is 0.411 e. The largest absolute Gasteiger partial charge is 0.411 e. The lowest BCUT2D eigenvalue weighted by Crippen LogP contribution is -2.40. The second-order valence-corrected chi connectivity index (χ2v) is 19.5. The van der Waals surface area contributed by atoms with Crippen LogP contribution in [0.5, 0.6) is 0 Å². The monoisotopic (exact) mass is 897 g/mol. The van der Waals surface area contributed by atoms with Crippen molar-refractivity contribution in [3.05, 3.63) is 0 Å². The van der Waals surface area contributed by atoms with Gasteiger partial charge in [0.15, 0.2) is 0 Å². The Kier molecular flexibility index (Phi) is 44.7. The van der Waals surface area contributed by atoms with Gasteiger partial charge in [-0.3, -0.25) is 4.79 Å². The van der Waals surface area contributed by atoms with Gasteiger partial charge < -0.3 is 34.3 Å². The van der Waals surface area contributed by atoms with E-state index in [-0.39, 0.29) is 17.1 Å². The van der Waals surface area contributed by atoms with Crippen molar-refractivity contribution in [2.75, 3.05) is 39.5 Å². The van der Waals surface area contributed by atoms with Gasteiger partial charge in [-0.2, -0.15) is 0 Å². The van der Waals surface area contributed by atoms with Crippen molar-refractivity contribution in [2.24, 2.45) is 0 Å². The summed E-state index contributed by atoms with van der Waals surface area (Å²) in [5, 5.41) is 5.91. The van der Waals surface area contributed by atoms with Crippen molar-refractivity contribution in [3.8, 4) is 0 Å². The third-order valence-electron chi connectivity index (χ3n) is 12.6. The molecule has 0 aliphatic heterocycles. The van der Waals surface area contributed by atoms with Crippen LogP contribution in [0.4, 0.5) is 4.79 Å². The quantitative estimate of drug-likeness (QED) is 0.0463. The normalized spacial score (nSPS) is 12.8. The molecule has 0 spiro atoms. The number of ether oxygens (including phenoxy) is 5. The fourth-order valence-corrected chi connectivity index (χ4v) is 8.02. The lowest BCUT2D eigenvalue weighted by atomic mass is 9.98. The Bertz CT molecular complexity index is 946. The predicted molar refractivity (Wildman–Crippen MR) is 266 cm³/mol. The van der Waals surface area contributed by atoms with Crippen molar-refractivity contribution in [1.29, 1.82) is 0 Å². The van der Waals surface area contributed by atoms with Gasteiger partial charge in [0, 0.05) is 26.1 Å². The van der Waals surface area contributed by atoms with Crippen LogP contribution in [-0.4, -0.2) is 69.2 Å². The van der Waals surface area contributed by atoms with E-state index in [2.05, 4.69) is 38.3 Å². The average molecular weight is 897 g/mol. The first-order chi connectivity index (χ1) is 30.6. The van der Waals surface area contributed by atoms with Gasteiger partial charge in [0.25, 0.3) is 0 Å². The summed E-state index contributed by atoms with van der Waals surface area (Å²) in [5.74, 6) is 0.0516. The Morgan fingerprint density at radius 2 is 0.857 bits per heavy atom. The van der Waals surface area contributed by atoms with Gasteiger partial charge >= 0.3 is 12.6 Å². The molecule has 0 heterocycles. The van der Waals surface area contributed by atoms with Crippen LogP contribution >= 0.6 is 0 Å². The van der Waals surface area contributed by atoms with E-state index in [4.69, 9.17) is 23.7 Å². The number of hydrogen-bond donors (Lipinski definition) is 2. The molecule has 63 heavy (non-hydrogen) atoms. The molecule has 0 saturated heterocycles. The second-order valence-electron chi connectivity index (χ2n) is 19.5. The van der Waals surface area contributed by atoms with Crippen LogP contribution in [0, 0.1) is 0 Å². The smallest absolute Gasteiger partial charge is 0.394 e. The summed E-state index contributed by atoms with van der Waals surface area (Å²) in [6.07, 6.45) is 43.5. The highest BCUT2D eigenvalue weighted by atomic mass is 16.9. The molecule has 0 aromatic rings. The highest BCUT2D eigenvalue weighted by molar-refractivity contribution is 5.75. The molecule has 0 radical (unpaired) electrons. The molecule has 2 N–H and O–H groups in total. The number of rotatable bonds is 50. The van der Waals surface area contributed by atoms with Gasteiger partial charge in [0.2, 0.25) is 5.91 Å². The van der Waals surface area contributed by atoms with E-state index < -0.39 is 12.6 Å². The van der Waals surface area contributed by atoms with Crippen molar-refractivity contribution >= 4 is 12.0 Å². The van der Waals surface area contributed by atoms with Crippen molar-refractivity contribution < 1.29 is 33.3 Å². The van der Waals surface area contributed by atoms with E-state index in [0.717, 1.165) is 57.8 Å². The number of alkyl carbamates (subject to hydrolysis) is 1. The van der Waals surface area contributed by atoms with E-state index in [1.807, 2.05) is 20.8 Å². The third-order valence-corrected chi connectivity index (χ3v) is 12.6. The van der Waals surface area contributed by atoms with Gasteiger partial charge in [-0.25, -0.2) is 4.79 Å². The van der Waals surface area contributed by atoms with Crippen LogP contribution in [0.25, 0.3) is 0 Å². The van der Waals surface area contributed by atoms with E-state index in [0.29, 0.717) is 45.9 Å². The Hall–Kier alpha value is -1.42. The number of unbranched alkanes of at least 4 members (excludes halogenated alkanes) is 30. The molecule has 376 valence electrons. The number of nitrogens with one attached hydrogen (secondary N) is 2. The van der Waals surface area contributed by atoms with Gasteiger partial charge in [0.05, 0.1) is 31.0 Å². The standard InChI is InChI=1S/C54H108N2O7/c1-8-12-14-16-18-20-22-24-26-28-30-32-34-36-41-47-59-52(60-48-42-37-35-33-31-29-27-25-23-21-19-17-15-13-9-2)63-51(58)56-45-40-38-39-43-50(57)55-46-44-54(7,10-3)62-49-53(5,6)61-11-4/h52H,8-49H2,1-7H3,(H,55,57)(H,56,58). The van der Waals surface area contributed by atoms with Crippen LogP contribution < -0.4 is 10.6 Å². The number of hydrogen-bond acceptors (Lipinski definition) is 7. The van der Waals surface area contributed by atoms with Crippen LogP contribution in [0.2, 0.25) is 0 Å². The molecule has 1 unspecified atom stereocenters. The molecule has 0 aromatic heterocycles. The zero-order valence-corrected chi connectivity index (χ0v) is 43.1. The second kappa shape index (κ2) is 45.7. The lowest BCUT2D eigenvalue weighted by Gasteiger charge is -2.34. The summed E-state index contributed by atoms with van der Waals surface area (Å²) in [5.41, 5.74) is -0.645. The average Bonchev–Trinajstić information content (AvgIpc) is 3.26. The number of carbonyl (C=O) groups is 2. The van der Waals surface area contributed by atoms with Crippen molar-refractivity contribution in [1.82, 2.24) is 10.6 Å². The minimum atomic E-state index is -0.983. The summed E-state index contributed by atoms with van der Waals surface area (Å²) in [4.78, 5) is 25.2. The first kappa shape index (κ1) is 61.6. The summed E-state index contributed by atoms with van der Waals surface area (Å²) >= 11 is 0.